The average molecular weight is 286 g/mol. The second-order valence-corrected chi connectivity index (χ2v) is 4.50. The molecule has 0 aromatic heterocycles. The van der Waals surface area contributed by atoms with Crippen molar-refractivity contribution < 1.29 is 20.6 Å². The van der Waals surface area contributed by atoms with Crippen molar-refractivity contribution in [3.63, 3.8) is 0 Å². The molecule has 2 heteroatoms. The molecule has 0 heterocycles. The Morgan fingerprint density at radius 3 is 2.26 bits per heavy atom. The predicted molar refractivity (Wildman–Crippen MR) is 74.4 cm³/mol. The minimum atomic E-state index is 0.594. The molecule has 0 saturated carbocycles. The van der Waals surface area contributed by atoms with Crippen molar-refractivity contribution in [2.45, 2.75) is 6.42 Å². The number of hydrogen-bond acceptors (Lipinski definition) is 1. The molecule has 0 radical (unpaired) electrons. The van der Waals surface area contributed by atoms with Crippen LogP contribution in [0.5, 0.6) is 0 Å². The summed E-state index contributed by atoms with van der Waals surface area (Å²) in [5.41, 5.74) is 2.11. The van der Waals surface area contributed by atoms with Crippen molar-refractivity contribution in [2.24, 2.45) is 0 Å². The van der Waals surface area contributed by atoms with Crippen LogP contribution in [0.15, 0.2) is 60.7 Å². The monoisotopic (exact) mass is 286 g/mol. The maximum absolute atomic E-state index is 5.62. The molecule has 0 spiro atoms. The van der Waals surface area contributed by atoms with E-state index >= 15 is 0 Å². The zero-order valence-corrected chi connectivity index (χ0v) is 11.8. The summed E-state index contributed by atoms with van der Waals surface area (Å²) < 4.78 is 6.45. The van der Waals surface area contributed by atoms with Crippen LogP contribution in [0, 0.1) is 11.8 Å². The van der Waals surface area contributed by atoms with Gasteiger partial charge >= 0.3 is 122 Å². The van der Waals surface area contributed by atoms with Gasteiger partial charge in [0.2, 0.25) is 0 Å². The molecule has 0 atom stereocenters. The Balaban J connectivity index is 1.76. The van der Waals surface area contributed by atoms with Gasteiger partial charge < -0.3 is 0 Å². The summed E-state index contributed by atoms with van der Waals surface area (Å²) in [5.74, 6) is 6.21. The molecular formula is C17H14CrO. The number of ether oxygens (including phenoxy) is 1. The molecule has 0 amide bonds. The van der Waals surface area contributed by atoms with Crippen molar-refractivity contribution in [3.05, 3.63) is 71.8 Å². The fraction of sp³-hybridized carbons (Fsp3) is 0.118. The third kappa shape index (κ3) is 4.86. The third-order valence-electron chi connectivity index (χ3n) is 2.48. The number of rotatable bonds is 4. The third-order valence-corrected chi connectivity index (χ3v) is 3.03. The molecule has 94 valence electrons. The van der Waals surface area contributed by atoms with Gasteiger partial charge in [-0.3, -0.25) is 0 Å². The Kier molecular flexibility index (Phi) is 5.60. The Bertz CT molecular complexity index is 579. The van der Waals surface area contributed by atoms with Crippen LogP contribution in [0.25, 0.3) is 0 Å². The van der Waals surface area contributed by atoms with E-state index in [2.05, 4.69) is 27.7 Å². The van der Waals surface area contributed by atoms with Crippen LogP contribution in [0.4, 0.5) is 0 Å². The standard InChI is InChI=1S/C17H14O.Cr/c1-3-9-16(10-4-1)11-7-8-14-18-15-17-12-5-2-6-13-17;/h1-6,9-10,12-13H,8,14H2;. The van der Waals surface area contributed by atoms with E-state index < -0.39 is 0 Å². The van der Waals surface area contributed by atoms with E-state index in [0.29, 0.717) is 13.0 Å². The van der Waals surface area contributed by atoms with Crippen molar-refractivity contribution in [1.82, 2.24) is 0 Å². The fourth-order valence-corrected chi connectivity index (χ4v) is 1.88. The van der Waals surface area contributed by atoms with Gasteiger partial charge in [-0.15, -0.1) is 0 Å². The molecule has 0 bridgehead atoms. The van der Waals surface area contributed by atoms with Crippen LogP contribution in [-0.4, -0.2) is 11.2 Å². The maximum atomic E-state index is 5.62. The molecule has 0 fully saturated rings. The summed E-state index contributed by atoms with van der Waals surface area (Å²) in [6, 6.07) is 20.0. The SMILES string of the molecule is [Cr]=[C](OCCC#Cc1ccccc1)c1ccccc1. The van der Waals surface area contributed by atoms with Crippen molar-refractivity contribution in [1.29, 1.82) is 0 Å². The Labute approximate surface area is 122 Å². The molecule has 2 aromatic carbocycles. The van der Waals surface area contributed by atoms with E-state index in [-0.39, 0.29) is 0 Å². The van der Waals surface area contributed by atoms with Gasteiger partial charge in [0, 0.05) is 0 Å². The first kappa shape index (κ1) is 13.8. The van der Waals surface area contributed by atoms with E-state index in [9.17, 15) is 0 Å². The van der Waals surface area contributed by atoms with Crippen LogP contribution in [0.2, 0.25) is 0 Å². The normalized spacial score (nSPS) is 9.47. The summed E-state index contributed by atoms with van der Waals surface area (Å²) >= 11 is 2.95. The second-order valence-electron chi connectivity index (χ2n) is 3.92. The summed E-state index contributed by atoms with van der Waals surface area (Å²) in [4.78, 5) is 0. The van der Waals surface area contributed by atoms with Crippen molar-refractivity contribution in [3.8, 4) is 11.8 Å². The van der Waals surface area contributed by atoms with Crippen LogP contribution >= 0.6 is 0 Å². The molecular weight excluding hydrogens is 272 g/mol. The van der Waals surface area contributed by atoms with E-state index in [1.807, 2.05) is 60.7 Å². The van der Waals surface area contributed by atoms with Gasteiger partial charge in [0.15, 0.2) is 0 Å². The van der Waals surface area contributed by atoms with Gasteiger partial charge in [-0.25, -0.2) is 0 Å². The number of hydrogen-bond donors (Lipinski definition) is 0. The number of benzene rings is 2. The first-order valence-electron chi connectivity index (χ1n) is 6.12. The topological polar surface area (TPSA) is 9.23 Å². The van der Waals surface area contributed by atoms with Crippen LogP contribution in [-0.2, 0) is 20.6 Å². The second kappa shape index (κ2) is 7.72. The van der Waals surface area contributed by atoms with Gasteiger partial charge in [0.1, 0.15) is 0 Å². The fourth-order valence-electron chi connectivity index (χ4n) is 1.54. The van der Waals surface area contributed by atoms with Crippen LogP contribution in [0.1, 0.15) is 17.5 Å². The molecule has 0 unspecified atom stereocenters. The van der Waals surface area contributed by atoms with Crippen molar-refractivity contribution >= 4 is 4.57 Å². The summed E-state index contributed by atoms with van der Waals surface area (Å²) in [6.45, 7) is 0.594. The van der Waals surface area contributed by atoms with Crippen LogP contribution < -0.4 is 0 Å². The van der Waals surface area contributed by atoms with E-state index in [1.54, 1.807) is 0 Å². The molecule has 2 aromatic rings. The van der Waals surface area contributed by atoms with Gasteiger partial charge in [-0.1, -0.05) is 0 Å². The average Bonchev–Trinajstić information content (AvgIpc) is 2.49. The molecule has 1 nitrogen and oxygen atoms in total. The Hall–Kier alpha value is -1.64. The van der Waals surface area contributed by atoms with Crippen molar-refractivity contribution in [2.75, 3.05) is 6.61 Å². The van der Waals surface area contributed by atoms with Gasteiger partial charge in [-0.05, 0) is 0 Å². The summed E-state index contributed by atoms with van der Waals surface area (Å²) in [5, 5.41) is 0. The Morgan fingerprint density at radius 1 is 0.947 bits per heavy atom. The summed E-state index contributed by atoms with van der Waals surface area (Å²) in [6.07, 6.45) is 0.715. The molecule has 0 aliphatic heterocycles. The van der Waals surface area contributed by atoms with Gasteiger partial charge in [0.25, 0.3) is 0 Å². The first-order valence-corrected chi connectivity index (χ1v) is 6.76. The molecule has 0 saturated heterocycles. The molecule has 0 aliphatic rings. The first-order chi connectivity index (χ1) is 9.36. The predicted octanol–water partition coefficient (Wildman–Crippen LogP) is 3.17. The Morgan fingerprint density at radius 2 is 1.58 bits per heavy atom. The van der Waals surface area contributed by atoms with E-state index in [1.165, 1.54) is 0 Å². The van der Waals surface area contributed by atoms with Gasteiger partial charge in [-0.2, -0.15) is 0 Å². The molecule has 0 aliphatic carbocycles. The zero-order valence-electron chi connectivity index (χ0n) is 10.5. The van der Waals surface area contributed by atoms with Gasteiger partial charge in [0.05, 0.1) is 0 Å². The van der Waals surface area contributed by atoms with Crippen LogP contribution in [0.3, 0.4) is 0 Å². The quantitative estimate of drug-likeness (QED) is 0.619. The van der Waals surface area contributed by atoms with E-state index in [0.717, 1.165) is 15.7 Å². The molecule has 2 rings (SSSR count). The molecule has 0 N–H and O–H groups in total. The zero-order chi connectivity index (χ0) is 13.3. The van der Waals surface area contributed by atoms with E-state index in [4.69, 9.17) is 4.74 Å². The minimum absolute atomic E-state index is 0.594. The molecule has 19 heavy (non-hydrogen) atoms. The summed E-state index contributed by atoms with van der Waals surface area (Å²) in [7, 11) is 0.